The van der Waals surface area contributed by atoms with Crippen LogP contribution in [0, 0.1) is 12.7 Å². The van der Waals surface area contributed by atoms with E-state index in [0.29, 0.717) is 31.0 Å². The number of carbonyl (C=O) groups excluding carboxylic acids is 1. The minimum atomic E-state index is -0.472. The predicted molar refractivity (Wildman–Crippen MR) is 82.5 cm³/mol. The third kappa shape index (κ3) is 2.58. The highest BCUT2D eigenvalue weighted by molar-refractivity contribution is 9.10. The summed E-state index contributed by atoms with van der Waals surface area (Å²) in [5.41, 5.74) is 7.40. The highest BCUT2D eigenvalue weighted by atomic mass is 79.9. The molecule has 0 fully saturated rings. The second-order valence-corrected chi connectivity index (χ2v) is 6.00. The molecule has 0 aliphatic rings. The van der Waals surface area contributed by atoms with Gasteiger partial charge in [0.25, 0.3) is 0 Å². The normalized spacial score (nSPS) is 10.6. The number of hydrogen-bond donors (Lipinski definition) is 1. The summed E-state index contributed by atoms with van der Waals surface area (Å²) < 4.78 is 19.5. The second kappa shape index (κ2) is 5.93. The van der Waals surface area contributed by atoms with Crippen LogP contribution in [-0.2, 0) is 4.74 Å². The number of thiophene rings is 1. The fourth-order valence-electron chi connectivity index (χ4n) is 1.81. The molecule has 1 aromatic heterocycles. The molecule has 2 aromatic rings. The molecular formula is C14H13BrFNO2S. The minimum absolute atomic E-state index is 0.274. The third-order valence-corrected chi connectivity index (χ3v) is 4.78. The van der Waals surface area contributed by atoms with Gasteiger partial charge < -0.3 is 10.5 Å². The van der Waals surface area contributed by atoms with Gasteiger partial charge in [0.05, 0.1) is 16.8 Å². The fraction of sp³-hybridized carbons (Fsp3) is 0.214. The largest absolute Gasteiger partial charge is 0.462 e. The van der Waals surface area contributed by atoms with Crippen molar-refractivity contribution in [2.45, 2.75) is 13.8 Å². The highest BCUT2D eigenvalue weighted by Gasteiger charge is 2.22. The zero-order valence-electron chi connectivity index (χ0n) is 11.0. The van der Waals surface area contributed by atoms with Crippen LogP contribution in [0.1, 0.15) is 22.2 Å². The molecule has 0 bridgehead atoms. The topological polar surface area (TPSA) is 52.3 Å². The lowest BCUT2D eigenvalue weighted by Gasteiger charge is -2.03. The van der Waals surface area contributed by atoms with E-state index in [-0.39, 0.29) is 12.4 Å². The first kappa shape index (κ1) is 15.0. The molecule has 1 aromatic carbocycles. The van der Waals surface area contributed by atoms with Gasteiger partial charge in [0, 0.05) is 10.4 Å². The molecule has 6 heteroatoms. The van der Waals surface area contributed by atoms with Crippen LogP contribution in [0.15, 0.2) is 22.7 Å². The molecule has 20 heavy (non-hydrogen) atoms. The molecule has 106 valence electrons. The lowest BCUT2D eigenvalue weighted by Crippen LogP contribution is -2.05. The summed E-state index contributed by atoms with van der Waals surface area (Å²) in [4.78, 5) is 12.8. The van der Waals surface area contributed by atoms with Crippen molar-refractivity contribution in [2.75, 3.05) is 12.3 Å². The lowest BCUT2D eigenvalue weighted by molar-refractivity contribution is 0.0533. The summed E-state index contributed by atoms with van der Waals surface area (Å²) in [6, 6.07) is 5.02. The highest BCUT2D eigenvalue weighted by Crippen LogP contribution is 2.40. The fourth-order valence-corrected chi connectivity index (χ4v) is 3.32. The molecule has 0 spiro atoms. The molecule has 0 aliphatic carbocycles. The van der Waals surface area contributed by atoms with E-state index in [4.69, 9.17) is 10.5 Å². The molecule has 2 rings (SSSR count). The third-order valence-electron chi connectivity index (χ3n) is 2.85. The maximum Gasteiger partial charge on any atom is 0.350 e. The Labute approximate surface area is 128 Å². The van der Waals surface area contributed by atoms with Crippen LogP contribution in [0.2, 0.25) is 0 Å². The Bertz CT molecular complexity index is 669. The van der Waals surface area contributed by atoms with E-state index < -0.39 is 5.97 Å². The molecule has 0 saturated carbocycles. The Hall–Kier alpha value is -1.40. The Balaban J connectivity index is 2.56. The van der Waals surface area contributed by atoms with Gasteiger partial charge in [-0.2, -0.15) is 0 Å². The standard InChI is InChI=1S/C14H13BrFNO2S/c1-3-19-14(18)13-11(17)7(2)12(20-13)8-5-4-6-9(15)10(8)16/h4-6H,3,17H2,1-2H3. The van der Waals surface area contributed by atoms with Crippen LogP contribution >= 0.6 is 27.3 Å². The molecule has 0 saturated heterocycles. The first-order chi connectivity index (χ1) is 9.47. The van der Waals surface area contributed by atoms with Crippen molar-refractivity contribution in [3.63, 3.8) is 0 Å². The average Bonchev–Trinajstić information content (AvgIpc) is 2.70. The molecule has 0 aliphatic heterocycles. The molecule has 2 N–H and O–H groups in total. The smallest absolute Gasteiger partial charge is 0.350 e. The van der Waals surface area contributed by atoms with E-state index in [9.17, 15) is 9.18 Å². The molecule has 0 atom stereocenters. The zero-order valence-corrected chi connectivity index (χ0v) is 13.4. The number of benzene rings is 1. The van der Waals surface area contributed by atoms with E-state index in [2.05, 4.69) is 15.9 Å². The van der Waals surface area contributed by atoms with Gasteiger partial charge in [-0.05, 0) is 41.4 Å². The maximum atomic E-state index is 14.2. The number of nitrogen functional groups attached to an aromatic ring is 1. The molecule has 0 unspecified atom stereocenters. The number of halogens is 2. The quantitative estimate of drug-likeness (QED) is 0.829. The second-order valence-electron chi connectivity index (χ2n) is 4.12. The number of hydrogen-bond acceptors (Lipinski definition) is 4. The summed E-state index contributed by atoms with van der Waals surface area (Å²) in [7, 11) is 0. The summed E-state index contributed by atoms with van der Waals surface area (Å²) in [5.74, 6) is -0.841. The number of nitrogens with two attached hydrogens (primary N) is 1. The van der Waals surface area contributed by atoms with E-state index in [1.165, 1.54) is 0 Å². The van der Waals surface area contributed by atoms with Crippen molar-refractivity contribution in [2.24, 2.45) is 0 Å². The summed E-state index contributed by atoms with van der Waals surface area (Å²) >= 11 is 4.30. The first-order valence-corrected chi connectivity index (χ1v) is 7.58. The van der Waals surface area contributed by atoms with Crippen molar-refractivity contribution in [3.05, 3.63) is 38.9 Å². The van der Waals surface area contributed by atoms with Crippen molar-refractivity contribution >= 4 is 38.9 Å². The Morgan fingerprint density at radius 2 is 2.20 bits per heavy atom. The molecule has 0 amide bonds. The van der Waals surface area contributed by atoms with Gasteiger partial charge in [-0.1, -0.05) is 12.1 Å². The predicted octanol–water partition coefficient (Wildman–Crippen LogP) is 4.38. The van der Waals surface area contributed by atoms with Gasteiger partial charge in [0.1, 0.15) is 10.7 Å². The minimum Gasteiger partial charge on any atom is -0.462 e. The SMILES string of the molecule is CCOC(=O)c1sc(-c2cccc(Br)c2F)c(C)c1N. The average molecular weight is 358 g/mol. The Morgan fingerprint density at radius 1 is 1.50 bits per heavy atom. The number of rotatable bonds is 3. The van der Waals surface area contributed by atoms with Crippen LogP contribution in [-0.4, -0.2) is 12.6 Å². The molecule has 0 radical (unpaired) electrons. The van der Waals surface area contributed by atoms with Crippen LogP contribution in [0.3, 0.4) is 0 Å². The lowest BCUT2D eigenvalue weighted by atomic mass is 10.1. The van der Waals surface area contributed by atoms with E-state index in [0.717, 1.165) is 11.3 Å². The molecule has 1 heterocycles. The summed E-state index contributed by atoms with van der Waals surface area (Å²) in [6.07, 6.45) is 0. The number of ether oxygens (including phenoxy) is 1. The van der Waals surface area contributed by atoms with Crippen molar-refractivity contribution in [1.29, 1.82) is 0 Å². The zero-order chi connectivity index (χ0) is 14.9. The van der Waals surface area contributed by atoms with Crippen LogP contribution in [0.25, 0.3) is 10.4 Å². The maximum absolute atomic E-state index is 14.2. The first-order valence-electron chi connectivity index (χ1n) is 5.97. The monoisotopic (exact) mass is 357 g/mol. The molecular weight excluding hydrogens is 345 g/mol. The Kier molecular flexibility index (Phi) is 4.45. The van der Waals surface area contributed by atoms with E-state index >= 15 is 0 Å². The summed E-state index contributed by atoms with van der Waals surface area (Å²) in [6.45, 7) is 3.77. The van der Waals surface area contributed by atoms with Gasteiger partial charge in [-0.3, -0.25) is 0 Å². The van der Waals surface area contributed by atoms with Gasteiger partial charge in [0.2, 0.25) is 0 Å². The van der Waals surface area contributed by atoms with E-state index in [1.54, 1.807) is 32.0 Å². The van der Waals surface area contributed by atoms with Gasteiger partial charge in [-0.15, -0.1) is 11.3 Å². The van der Waals surface area contributed by atoms with Gasteiger partial charge >= 0.3 is 5.97 Å². The number of anilines is 1. The Morgan fingerprint density at radius 3 is 2.85 bits per heavy atom. The molecule has 3 nitrogen and oxygen atoms in total. The van der Waals surface area contributed by atoms with Crippen molar-refractivity contribution in [3.8, 4) is 10.4 Å². The van der Waals surface area contributed by atoms with Gasteiger partial charge in [-0.25, -0.2) is 9.18 Å². The van der Waals surface area contributed by atoms with Gasteiger partial charge in [0.15, 0.2) is 0 Å². The van der Waals surface area contributed by atoms with E-state index in [1.807, 2.05) is 0 Å². The number of carbonyl (C=O) groups is 1. The number of esters is 1. The van der Waals surface area contributed by atoms with Crippen LogP contribution in [0.5, 0.6) is 0 Å². The van der Waals surface area contributed by atoms with Crippen molar-refractivity contribution < 1.29 is 13.9 Å². The van der Waals surface area contributed by atoms with Crippen LogP contribution < -0.4 is 5.73 Å². The van der Waals surface area contributed by atoms with Crippen molar-refractivity contribution in [1.82, 2.24) is 0 Å². The summed E-state index contributed by atoms with van der Waals surface area (Å²) in [5, 5.41) is 0. The van der Waals surface area contributed by atoms with Crippen LogP contribution in [0.4, 0.5) is 10.1 Å².